The van der Waals surface area contributed by atoms with Crippen molar-refractivity contribution in [1.29, 1.82) is 0 Å². The third-order valence-corrected chi connectivity index (χ3v) is 7.89. The van der Waals surface area contributed by atoms with Crippen LogP contribution in [0.4, 0.5) is 10.1 Å². The maximum atomic E-state index is 15.9. The van der Waals surface area contributed by atoms with Crippen LogP contribution >= 0.6 is 0 Å². The highest BCUT2D eigenvalue weighted by atomic mass is 19.1. The maximum absolute atomic E-state index is 15.9. The third kappa shape index (κ3) is 5.39. The zero-order valence-electron chi connectivity index (χ0n) is 25.2. The molecule has 1 fully saturated rings. The lowest BCUT2D eigenvalue weighted by Gasteiger charge is -2.35. The first kappa shape index (κ1) is 30.1. The number of fused-ring (bicyclic) bond motifs is 1. The van der Waals surface area contributed by atoms with E-state index in [1.54, 1.807) is 20.1 Å². The number of benzene rings is 2. The Kier molecular flexibility index (Phi) is 8.68. The zero-order chi connectivity index (χ0) is 29.4. The Morgan fingerprint density at radius 2 is 1.75 bits per heavy atom. The van der Waals surface area contributed by atoms with E-state index in [4.69, 9.17) is 24.7 Å². The number of anilines is 1. The van der Waals surface area contributed by atoms with Crippen LogP contribution < -0.4 is 24.8 Å². The van der Waals surface area contributed by atoms with Crippen LogP contribution in [0.1, 0.15) is 81.7 Å². The topological polar surface area (TPSA) is 86.5 Å². The van der Waals surface area contributed by atoms with Crippen LogP contribution in [0.3, 0.4) is 0 Å². The Morgan fingerprint density at radius 3 is 2.33 bits per heavy atom. The van der Waals surface area contributed by atoms with Gasteiger partial charge in [-0.1, -0.05) is 20.8 Å². The van der Waals surface area contributed by atoms with E-state index in [1.165, 1.54) is 0 Å². The van der Waals surface area contributed by atoms with Crippen LogP contribution in [0.15, 0.2) is 18.2 Å². The van der Waals surface area contributed by atoms with E-state index >= 15 is 4.39 Å². The van der Waals surface area contributed by atoms with Gasteiger partial charge < -0.3 is 29.6 Å². The lowest BCUT2D eigenvalue weighted by Crippen LogP contribution is -2.44. The smallest absolute Gasteiger partial charge is 0.197 e. The zero-order valence-corrected chi connectivity index (χ0v) is 25.2. The van der Waals surface area contributed by atoms with Gasteiger partial charge in [-0.25, -0.2) is 4.39 Å². The van der Waals surface area contributed by atoms with Gasteiger partial charge in [0.1, 0.15) is 5.75 Å². The predicted octanol–water partition coefficient (Wildman–Crippen LogP) is 5.16. The van der Waals surface area contributed by atoms with Crippen molar-refractivity contribution >= 4 is 11.5 Å². The number of ether oxygens (including phenoxy) is 4. The first-order valence-electron chi connectivity index (χ1n) is 14.1. The molecule has 2 heterocycles. The van der Waals surface area contributed by atoms with E-state index in [9.17, 15) is 4.79 Å². The van der Waals surface area contributed by atoms with Gasteiger partial charge in [0, 0.05) is 35.3 Å². The van der Waals surface area contributed by atoms with Gasteiger partial charge >= 0.3 is 0 Å². The molecule has 1 unspecified atom stereocenters. The molecular weight excluding hydrogens is 513 g/mol. The highest BCUT2D eigenvalue weighted by Gasteiger charge is 2.47. The molecule has 0 spiro atoms. The molecule has 0 bridgehead atoms. The molecule has 0 saturated carbocycles. The number of nitrogens with zero attached hydrogens (tertiary/aromatic N) is 2. The van der Waals surface area contributed by atoms with Crippen LogP contribution in [0.5, 0.6) is 17.2 Å². The summed E-state index contributed by atoms with van der Waals surface area (Å²) in [5, 5.41) is 0. The van der Waals surface area contributed by atoms with Crippen LogP contribution in [0.2, 0.25) is 0 Å². The molecule has 0 aliphatic carbocycles. The first-order chi connectivity index (χ1) is 18.9. The summed E-state index contributed by atoms with van der Waals surface area (Å²) in [6.45, 7) is 17.2. The molecule has 0 amide bonds. The molecule has 220 valence electrons. The minimum Gasteiger partial charge on any atom is -0.494 e. The second-order valence-electron chi connectivity index (χ2n) is 11.8. The molecule has 0 radical (unpaired) electrons. The second kappa shape index (κ2) is 11.5. The average Bonchev–Trinajstić information content (AvgIpc) is 3.10. The highest BCUT2D eigenvalue weighted by Crippen LogP contribution is 2.50. The van der Waals surface area contributed by atoms with E-state index in [-0.39, 0.29) is 30.1 Å². The third-order valence-electron chi connectivity index (χ3n) is 7.89. The van der Waals surface area contributed by atoms with Gasteiger partial charge in [0.15, 0.2) is 23.1 Å². The lowest BCUT2D eigenvalue weighted by molar-refractivity contribution is 0.0694. The van der Waals surface area contributed by atoms with Gasteiger partial charge in [-0.15, -0.1) is 0 Å². The summed E-state index contributed by atoms with van der Waals surface area (Å²) in [5.41, 5.74) is 9.10. The van der Waals surface area contributed by atoms with Crippen molar-refractivity contribution in [2.75, 3.05) is 58.1 Å². The number of halogens is 1. The van der Waals surface area contributed by atoms with Gasteiger partial charge in [0.2, 0.25) is 0 Å². The quantitative estimate of drug-likeness (QED) is 0.424. The summed E-state index contributed by atoms with van der Waals surface area (Å²) in [6.07, 6.45) is -0.831. The number of hydrogen-bond acceptors (Lipinski definition) is 8. The lowest BCUT2D eigenvalue weighted by atomic mass is 9.84. The van der Waals surface area contributed by atoms with Crippen molar-refractivity contribution in [3.8, 4) is 17.2 Å². The molecule has 4 rings (SSSR count). The predicted molar refractivity (Wildman–Crippen MR) is 154 cm³/mol. The summed E-state index contributed by atoms with van der Waals surface area (Å²) >= 11 is 0. The average molecular weight is 558 g/mol. The molecule has 2 aliphatic heterocycles. The molecule has 2 aromatic carbocycles. The number of morpholine rings is 1. The Balaban J connectivity index is 1.75. The molecule has 2 aromatic rings. The number of ketones is 1. The maximum Gasteiger partial charge on any atom is 0.197 e. The molecule has 1 atom stereocenters. The standard InChI is InChI=1S/C31H44FN3O5/c1-9-39-24-17-20-25(26(32)28(24)40-10-2)29(33)35(31(20,6)7)18-23(36)19-15-21(30(3,4)5)27(37-8)22(16-19)34-11-13-38-14-12-34/h15-17,29H,9-14,18,33H2,1-8H3. The highest BCUT2D eigenvalue weighted by molar-refractivity contribution is 5.99. The number of hydrogen-bond donors (Lipinski definition) is 1. The van der Waals surface area contributed by atoms with Gasteiger partial charge in [-0.05, 0) is 56.9 Å². The molecule has 1 saturated heterocycles. The molecule has 2 aliphatic rings. The fourth-order valence-electron chi connectivity index (χ4n) is 5.75. The van der Waals surface area contributed by atoms with Gasteiger partial charge in [-0.2, -0.15) is 0 Å². The SMILES string of the molecule is CCOc1cc2c(c(F)c1OCC)C(N)N(CC(=O)c1cc(N3CCOCC3)c(OC)c(C(C)(C)C)c1)C2(C)C. The van der Waals surface area contributed by atoms with Gasteiger partial charge in [0.05, 0.1) is 51.9 Å². The van der Waals surface area contributed by atoms with E-state index in [1.807, 2.05) is 37.8 Å². The minimum atomic E-state index is -0.831. The van der Waals surface area contributed by atoms with E-state index in [0.717, 1.165) is 17.0 Å². The normalized spacial score (nSPS) is 18.9. The second-order valence-corrected chi connectivity index (χ2v) is 11.8. The van der Waals surface area contributed by atoms with Crippen LogP contribution in [-0.2, 0) is 15.7 Å². The first-order valence-corrected chi connectivity index (χ1v) is 14.1. The summed E-state index contributed by atoms with van der Waals surface area (Å²) in [4.78, 5) is 18.1. The van der Waals surface area contributed by atoms with Crippen LogP contribution in [0.25, 0.3) is 0 Å². The van der Waals surface area contributed by atoms with Crippen molar-refractivity contribution in [3.05, 3.63) is 46.3 Å². The van der Waals surface area contributed by atoms with Gasteiger partial charge in [-0.3, -0.25) is 9.69 Å². The van der Waals surface area contributed by atoms with Crippen LogP contribution in [0, 0.1) is 5.82 Å². The minimum absolute atomic E-state index is 0.00862. The summed E-state index contributed by atoms with van der Waals surface area (Å²) in [5.74, 6) is 0.532. The Labute approximate surface area is 237 Å². The number of carbonyl (C=O) groups excluding carboxylic acids is 1. The van der Waals surface area contributed by atoms with Crippen LogP contribution in [-0.4, -0.2) is 63.9 Å². The monoisotopic (exact) mass is 557 g/mol. The largest absolute Gasteiger partial charge is 0.494 e. The van der Waals surface area contributed by atoms with Crippen molar-refractivity contribution in [2.24, 2.45) is 5.73 Å². The molecular formula is C31H44FN3O5. The number of carbonyl (C=O) groups is 1. The Bertz CT molecular complexity index is 1250. The summed E-state index contributed by atoms with van der Waals surface area (Å²) in [6, 6.07) is 5.64. The molecule has 2 N–H and O–H groups in total. The van der Waals surface area contributed by atoms with Crippen molar-refractivity contribution < 1.29 is 28.1 Å². The van der Waals surface area contributed by atoms with E-state index in [0.29, 0.717) is 55.4 Å². The summed E-state index contributed by atoms with van der Waals surface area (Å²) in [7, 11) is 1.67. The van der Waals surface area contributed by atoms with Crippen molar-refractivity contribution in [3.63, 3.8) is 0 Å². The molecule has 8 nitrogen and oxygen atoms in total. The summed E-state index contributed by atoms with van der Waals surface area (Å²) < 4.78 is 38.7. The molecule has 9 heteroatoms. The fraction of sp³-hybridized carbons (Fsp3) is 0.581. The fourth-order valence-corrected chi connectivity index (χ4v) is 5.75. The number of rotatable bonds is 9. The van der Waals surface area contributed by atoms with Crippen molar-refractivity contribution in [2.45, 2.75) is 65.6 Å². The molecule has 0 aromatic heterocycles. The Hall–Kier alpha value is -2.88. The van der Waals surface area contributed by atoms with Gasteiger partial charge in [0.25, 0.3) is 0 Å². The number of methoxy groups -OCH3 is 1. The van der Waals surface area contributed by atoms with Crippen molar-refractivity contribution in [1.82, 2.24) is 4.90 Å². The number of nitrogens with two attached hydrogens (primary N) is 1. The van der Waals surface area contributed by atoms with E-state index in [2.05, 4.69) is 25.7 Å². The molecule has 40 heavy (non-hydrogen) atoms. The van der Waals surface area contributed by atoms with E-state index < -0.39 is 17.5 Å². The number of Topliss-reactive ketones (excluding diaryl/α,β-unsaturated/α-hetero) is 1. The Morgan fingerprint density at radius 1 is 1.10 bits per heavy atom.